The molecule has 2 rings (SSSR count). The number of halogens is 1. The maximum absolute atomic E-state index is 11.9. The van der Waals surface area contributed by atoms with E-state index >= 15 is 0 Å². The van der Waals surface area contributed by atoms with Gasteiger partial charge in [-0.2, -0.15) is 0 Å². The lowest BCUT2D eigenvalue weighted by Gasteiger charge is -1.97. The molecule has 6 heteroatoms. The second kappa shape index (κ2) is 9.30. The quantitative estimate of drug-likeness (QED) is 0.382. The Kier molecular flexibility index (Phi) is 7.39. The summed E-state index contributed by atoms with van der Waals surface area (Å²) in [6.45, 7) is 0. The highest BCUT2D eigenvalue weighted by molar-refractivity contribution is 6.06. The van der Waals surface area contributed by atoms with E-state index in [4.69, 9.17) is 5.21 Å². The van der Waals surface area contributed by atoms with Gasteiger partial charge in [-0.25, -0.2) is 10.5 Å². The normalized spacial score (nSPS) is 10.5. The molecule has 0 radical (unpaired) electrons. The number of hydrogen-bond acceptors (Lipinski definition) is 4. The molecule has 0 atom stereocenters. The van der Waals surface area contributed by atoms with Crippen LogP contribution >= 0.6 is 12.4 Å². The van der Waals surface area contributed by atoms with Crippen LogP contribution in [0.5, 0.6) is 0 Å². The molecule has 2 aromatic rings. The van der Waals surface area contributed by atoms with Crippen LogP contribution in [0.1, 0.15) is 21.7 Å². The summed E-state index contributed by atoms with van der Waals surface area (Å²) in [6.07, 6.45) is 5.68. The number of benzene rings is 1. The molecule has 0 aliphatic rings. The number of ketones is 1. The monoisotopic (exact) mass is 330 g/mol. The van der Waals surface area contributed by atoms with Gasteiger partial charge in [0, 0.05) is 11.6 Å². The predicted octanol–water partition coefficient (Wildman–Crippen LogP) is 2.92. The Morgan fingerprint density at radius 2 is 1.52 bits per heavy atom. The van der Waals surface area contributed by atoms with E-state index in [2.05, 4.69) is 4.98 Å². The number of rotatable bonds is 5. The zero-order valence-corrected chi connectivity index (χ0v) is 12.9. The summed E-state index contributed by atoms with van der Waals surface area (Å²) in [5.41, 5.74) is 3.23. The predicted molar refractivity (Wildman–Crippen MR) is 90.3 cm³/mol. The molecule has 1 aromatic heterocycles. The van der Waals surface area contributed by atoms with Crippen molar-refractivity contribution in [2.45, 2.75) is 0 Å². The van der Waals surface area contributed by atoms with Gasteiger partial charge in [-0.1, -0.05) is 36.4 Å². The number of carbonyl (C=O) groups excluding carboxylic acids is 2. The first-order chi connectivity index (χ1) is 10.7. The molecule has 23 heavy (non-hydrogen) atoms. The van der Waals surface area contributed by atoms with Crippen molar-refractivity contribution < 1.29 is 14.8 Å². The van der Waals surface area contributed by atoms with Crippen molar-refractivity contribution in [1.82, 2.24) is 10.5 Å². The highest BCUT2D eigenvalue weighted by atomic mass is 35.5. The molecule has 0 aliphatic heterocycles. The van der Waals surface area contributed by atoms with Gasteiger partial charge in [0.05, 0.1) is 11.4 Å². The molecule has 1 amide bonds. The Hall–Kier alpha value is -2.76. The fourth-order valence-electron chi connectivity index (χ4n) is 1.71. The van der Waals surface area contributed by atoms with Crippen molar-refractivity contribution in [3.8, 4) is 0 Å². The maximum atomic E-state index is 11.9. The molecule has 0 bridgehead atoms. The van der Waals surface area contributed by atoms with Gasteiger partial charge >= 0.3 is 0 Å². The Morgan fingerprint density at radius 3 is 2.13 bits per heavy atom. The van der Waals surface area contributed by atoms with Gasteiger partial charge in [-0.05, 0) is 30.4 Å². The van der Waals surface area contributed by atoms with Crippen LogP contribution in [0.25, 0.3) is 12.2 Å². The number of carbonyl (C=O) groups is 2. The molecule has 1 aromatic carbocycles. The molecule has 5 nitrogen and oxygen atoms in total. The van der Waals surface area contributed by atoms with Crippen molar-refractivity contribution in [3.05, 3.63) is 77.6 Å². The van der Waals surface area contributed by atoms with E-state index in [1.807, 2.05) is 6.07 Å². The van der Waals surface area contributed by atoms with Crippen LogP contribution in [-0.2, 0) is 4.79 Å². The van der Waals surface area contributed by atoms with E-state index in [9.17, 15) is 9.59 Å². The van der Waals surface area contributed by atoms with E-state index in [-0.39, 0.29) is 18.2 Å². The Labute approximate surface area is 139 Å². The summed E-state index contributed by atoms with van der Waals surface area (Å²) in [5.74, 6) is -0.745. The molecule has 1 heterocycles. The van der Waals surface area contributed by atoms with Crippen LogP contribution in [0.4, 0.5) is 0 Å². The molecule has 0 saturated carbocycles. The zero-order chi connectivity index (χ0) is 15.8. The minimum Gasteiger partial charge on any atom is -0.289 e. The number of nitrogens with one attached hydrogen (secondary N) is 1. The third-order valence-corrected chi connectivity index (χ3v) is 2.77. The molecule has 0 fully saturated rings. The SMILES string of the molecule is Cl.O=C(/C=C/c1cccc(/C=C/C(=O)c2ccccc2)n1)NO. The van der Waals surface area contributed by atoms with E-state index in [1.54, 1.807) is 48.5 Å². The summed E-state index contributed by atoms with van der Waals surface area (Å²) in [7, 11) is 0. The van der Waals surface area contributed by atoms with Gasteiger partial charge in [-0.3, -0.25) is 14.8 Å². The maximum Gasteiger partial charge on any atom is 0.267 e. The van der Waals surface area contributed by atoms with Gasteiger partial charge in [0.25, 0.3) is 5.91 Å². The summed E-state index contributed by atoms with van der Waals surface area (Å²) >= 11 is 0. The summed E-state index contributed by atoms with van der Waals surface area (Å²) in [5, 5.41) is 8.40. The second-order valence-corrected chi connectivity index (χ2v) is 4.36. The van der Waals surface area contributed by atoms with Crippen LogP contribution in [0.15, 0.2) is 60.7 Å². The van der Waals surface area contributed by atoms with E-state index in [0.717, 1.165) is 6.08 Å². The fourth-order valence-corrected chi connectivity index (χ4v) is 1.71. The standard InChI is InChI=1S/C17H14N2O3.ClH/c20-16(13-5-2-1-3-6-13)11-9-14-7-4-8-15(18-14)10-12-17(21)19-22;/h1-12,22H,(H,19,21);1H/b11-9+,12-10+;. The number of hydroxylamine groups is 1. The molecule has 0 unspecified atom stereocenters. The van der Waals surface area contributed by atoms with Crippen LogP contribution in [0.2, 0.25) is 0 Å². The summed E-state index contributed by atoms with van der Waals surface area (Å²) in [4.78, 5) is 27.1. The van der Waals surface area contributed by atoms with Crippen molar-refractivity contribution in [2.24, 2.45) is 0 Å². The Morgan fingerprint density at radius 1 is 0.913 bits per heavy atom. The average molecular weight is 331 g/mol. The third-order valence-electron chi connectivity index (χ3n) is 2.77. The lowest BCUT2D eigenvalue weighted by molar-refractivity contribution is -0.124. The number of nitrogens with zero attached hydrogens (tertiary/aromatic N) is 1. The van der Waals surface area contributed by atoms with E-state index in [1.165, 1.54) is 17.6 Å². The first kappa shape index (κ1) is 18.3. The summed E-state index contributed by atoms with van der Waals surface area (Å²) < 4.78 is 0. The third kappa shape index (κ3) is 5.86. The van der Waals surface area contributed by atoms with Crippen molar-refractivity contribution in [2.75, 3.05) is 0 Å². The number of aromatic nitrogens is 1. The molecule has 0 aliphatic carbocycles. The number of amides is 1. The Balaban J connectivity index is 0.00000264. The van der Waals surface area contributed by atoms with Gasteiger partial charge < -0.3 is 0 Å². The van der Waals surface area contributed by atoms with Gasteiger partial charge in [0.1, 0.15) is 0 Å². The van der Waals surface area contributed by atoms with Crippen molar-refractivity contribution in [1.29, 1.82) is 0 Å². The second-order valence-electron chi connectivity index (χ2n) is 4.36. The van der Waals surface area contributed by atoms with E-state index < -0.39 is 5.91 Å². The van der Waals surface area contributed by atoms with E-state index in [0.29, 0.717) is 17.0 Å². The highest BCUT2D eigenvalue weighted by Crippen LogP contribution is 2.06. The van der Waals surface area contributed by atoms with Crippen LogP contribution in [0.3, 0.4) is 0 Å². The van der Waals surface area contributed by atoms with Gasteiger partial charge in [0.15, 0.2) is 5.78 Å². The molecular formula is C17H15ClN2O3. The number of pyridine rings is 1. The lowest BCUT2D eigenvalue weighted by Crippen LogP contribution is -2.14. The first-order valence-electron chi connectivity index (χ1n) is 6.56. The van der Waals surface area contributed by atoms with Crippen LogP contribution in [0, 0.1) is 0 Å². The Bertz CT molecular complexity index is 728. The zero-order valence-electron chi connectivity index (χ0n) is 12.0. The molecule has 118 valence electrons. The molecule has 2 N–H and O–H groups in total. The topological polar surface area (TPSA) is 79.3 Å². The van der Waals surface area contributed by atoms with Crippen molar-refractivity contribution in [3.63, 3.8) is 0 Å². The lowest BCUT2D eigenvalue weighted by atomic mass is 10.1. The average Bonchev–Trinajstić information content (AvgIpc) is 2.58. The minimum absolute atomic E-state index is 0. The van der Waals surface area contributed by atoms with Crippen molar-refractivity contribution >= 4 is 36.2 Å². The number of hydrogen-bond donors (Lipinski definition) is 2. The van der Waals surface area contributed by atoms with Gasteiger partial charge in [-0.15, -0.1) is 12.4 Å². The minimum atomic E-state index is -0.637. The first-order valence-corrected chi connectivity index (χ1v) is 6.56. The molecule has 0 spiro atoms. The largest absolute Gasteiger partial charge is 0.289 e. The smallest absolute Gasteiger partial charge is 0.267 e. The summed E-state index contributed by atoms with van der Waals surface area (Å²) in [6, 6.07) is 14.2. The number of allylic oxidation sites excluding steroid dienone is 1. The van der Waals surface area contributed by atoms with Crippen LogP contribution < -0.4 is 5.48 Å². The molecular weight excluding hydrogens is 316 g/mol. The van der Waals surface area contributed by atoms with Gasteiger partial charge in [0.2, 0.25) is 0 Å². The molecule has 0 saturated heterocycles. The highest BCUT2D eigenvalue weighted by Gasteiger charge is 2.00. The van der Waals surface area contributed by atoms with Crippen LogP contribution in [-0.4, -0.2) is 21.9 Å². The fraction of sp³-hybridized carbons (Fsp3) is 0.